The number of rotatable bonds is 5. The Morgan fingerprint density at radius 2 is 2.25 bits per heavy atom. The quantitative estimate of drug-likeness (QED) is 0.898. The first-order valence-corrected chi connectivity index (χ1v) is 9.04. The lowest BCUT2D eigenvalue weighted by Crippen LogP contribution is -2.40. The fourth-order valence-electron chi connectivity index (χ4n) is 2.78. The lowest BCUT2D eigenvalue weighted by molar-refractivity contribution is 0.173. The minimum Gasteiger partial charge on any atom is -0.388 e. The number of aliphatic hydroxyl groups is 1. The van der Waals surface area contributed by atoms with Gasteiger partial charge in [-0.15, -0.1) is 0 Å². The van der Waals surface area contributed by atoms with Gasteiger partial charge in [0.15, 0.2) is 0 Å². The van der Waals surface area contributed by atoms with Gasteiger partial charge in [-0.05, 0) is 36.8 Å². The zero-order chi connectivity index (χ0) is 14.8. The van der Waals surface area contributed by atoms with Crippen LogP contribution in [0.25, 0.3) is 0 Å². The summed E-state index contributed by atoms with van der Waals surface area (Å²) in [5.74, 6) is 0.345. The summed E-state index contributed by atoms with van der Waals surface area (Å²) < 4.78 is 26.8. The van der Waals surface area contributed by atoms with Gasteiger partial charge < -0.3 is 9.67 Å². The Bertz CT molecular complexity index is 538. The molecule has 2 atom stereocenters. The number of aromatic nitrogens is 1. The highest BCUT2D eigenvalue weighted by Gasteiger charge is 2.26. The van der Waals surface area contributed by atoms with Crippen LogP contribution in [0.2, 0.25) is 0 Å². The van der Waals surface area contributed by atoms with Gasteiger partial charge in [0.1, 0.15) is 0 Å². The van der Waals surface area contributed by atoms with E-state index in [9.17, 15) is 13.5 Å². The third-order valence-corrected chi connectivity index (χ3v) is 5.23. The molecule has 2 heterocycles. The monoisotopic (exact) mass is 300 g/mol. The van der Waals surface area contributed by atoms with Crippen LogP contribution in [0.4, 0.5) is 0 Å². The van der Waals surface area contributed by atoms with Crippen molar-refractivity contribution in [3.63, 3.8) is 0 Å². The summed E-state index contributed by atoms with van der Waals surface area (Å²) in [6, 6.07) is 1.94. The second-order valence-electron chi connectivity index (χ2n) is 5.69. The zero-order valence-electron chi connectivity index (χ0n) is 12.2. The van der Waals surface area contributed by atoms with Crippen molar-refractivity contribution >= 4 is 10.0 Å². The summed E-state index contributed by atoms with van der Waals surface area (Å²) in [6.07, 6.45) is 7.48. The summed E-state index contributed by atoms with van der Waals surface area (Å²) in [5, 5.41) is 9.80. The van der Waals surface area contributed by atoms with Gasteiger partial charge in [0.25, 0.3) is 0 Å². The van der Waals surface area contributed by atoms with Crippen LogP contribution in [0.5, 0.6) is 0 Å². The molecule has 1 aromatic heterocycles. The van der Waals surface area contributed by atoms with Crippen LogP contribution >= 0.6 is 0 Å². The topological polar surface area (TPSA) is 62.5 Å². The summed E-state index contributed by atoms with van der Waals surface area (Å²) in [5.41, 5.74) is 0.934. The Morgan fingerprint density at radius 1 is 1.50 bits per heavy atom. The normalized spacial score (nSPS) is 22.9. The molecular formula is C14H24N2O3S. The molecule has 6 heteroatoms. The van der Waals surface area contributed by atoms with Crippen molar-refractivity contribution in [1.82, 2.24) is 8.87 Å². The van der Waals surface area contributed by atoms with E-state index in [1.54, 1.807) is 4.31 Å². The Balaban J connectivity index is 1.98. The van der Waals surface area contributed by atoms with Gasteiger partial charge >= 0.3 is 0 Å². The maximum Gasteiger partial charge on any atom is 0.211 e. The molecule has 5 nitrogen and oxygen atoms in total. The van der Waals surface area contributed by atoms with Crippen LogP contribution in [0.1, 0.15) is 37.9 Å². The number of hydrogen-bond donors (Lipinski definition) is 1. The first-order chi connectivity index (χ1) is 9.40. The standard InChI is InChI=1S/C14H24N2O3S/c1-3-14(17)13-6-8-15(11-13)9-12-5-4-7-16(10-12)20(2,18)19/h6,8,11-12,14,17H,3-5,7,9-10H2,1-2H3. The van der Waals surface area contributed by atoms with Crippen LogP contribution in [0.15, 0.2) is 18.5 Å². The van der Waals surface area contributed by atoms with Gasteiger partial charge in [-0.2, -0.15) is 0 Å². The number of hydrogen-bond acceptors (Lipinski definition) is 3. The largest absolute Gasteiger partial charge is 0.388 e. The van der Waals surface area contributed by atoms with Gasteiger partial charge in [-0.1, -0.05) is 6.92 Å². The second kappa shape index (κ2) is 6.28. The Morgan fingerprint density at radius 3 is 2.90 bits per heavy atom. The van der Waals surface area contributed by atoms with E-state index in [1.807, 2.05) is 25.4 Å². The third-order valence-electron chi connectivity index (χ3n) is 3.96. The van der Waals surface area contributed by atoms with Crippen LogP contribution in [0, 0.1) is 5.92 Å². The predicted octanol–water partition coefficient (Wildman–Crippen LogP) is 1.60. The summed E-state index contributed by atoms with van der Waals surface area (Å²) in [6.45, 7) is 4.00. The van der Waals surface area contributed by atoms with E-state index in [4.69, 9.17) is 0 Å². The van der Waals surface area contributed by atoms with Crippen LogP contribution in [-0.4, -0.2) is 41.7 Å². The van der Waals surface area contributed by atoms with Gasteiger partial charge in [0.2, 0.25) is 10.0 Å². The molecule has 1 N–H and O–H groups in total. The van der Waals surface area contributed by atoms with E-state index in [1.165, 1.54) is 6.26 Å². The molecule has 0 amide bonds. The van der Waals surface area contributed by atoms with Crippen LogP contribution in [-0.2, 0) is 16.6 Å². The molecule has 20 heavy (non-hydrogen) atoms. The van der Waals surface area contributed by atoms with Gasteiger partial charge in [-0.25, -0.2) is 12.7 Å². The molecule has 0 bridgehead atoms. The van der Waals surface area contributed by atoms with E-state index in [0.717, 1.165) is 24.9 Å². The second-order valence-corrected chi connectivity index (χ2v) is 7.68. The lowest BCUT2D eigenvalue weighted by atomic mass is 10.00. The molecule has 114 valence electrons. The Kier molecular flexibility index (Phi) is 4.88. The van der Waals surface area contributed by atoms with Crippen molar-refractivity contribution < 1.29 is 13.5 Å². The van der Waals surface area contributed by atoms with Crippen molar-refractivity contribution in [1.29, 1.82) is 0 Å². The number of piperidine rings is 1. The lowest BCUT2D eigenvalue weighted by Gasteiger charge is -2.31. The Hall–Kier alpha value is -0.850. The van der Waals surface area contributed by atoms with Crippen molar-refractivity contribution in [3.8, 4) is 0 Å². The molecule has 0 aliphatic carbocycles. The number of aliphatic hydroxyl groups excluding tert-OH is 1. The summed E-state index contributed by atoms with van der Waals surface area (Å²) in [7, 11) is -3.08. The molecule has 2 unspecified atom stereocenters. The van der Waals surface area contributed by atoms with Gasteiger partial charge in [0.05, 0.1) is 12.4 Å². The van der Waals surface area contributed by atoms with Crippen molar-refractivity contribution in [2.75, 3.05) is 19.3 Å². The van der Waals surface area contributed by atoms with Crippen molar-refractivity contribution in [2.24, 2.45) is 5.92 Å². The Labute approximate surface area is 121 Å². The molecule has 1 aliphatic heterocycles. The minimum absolute atomic E-state index is 0.345. The molecule has 1 aromatic rings. The molecular weight excluding hydrogens is 276 g/mol. The third kappa shape index (κ3) is 3.84. The van der Waals surface area contributed by atoms with Crippen molar-refractivity contribution in [3.05, 3.63) is 24.0 Å². The van der Waals surface area contributed by atoms with Gasteiger partial charge in [-0.3, -0.25) is 0 Å². The molecule has 1 aliphatic rings. The zero-order valence-corrected chi connectivity index (χ0v) is 13.0. The molecule has 1 saturated heterocycles. The smallest absolute Gasteiger partial charge is 0.211 e. The highest BCUT2D eigenvalue weighted by atomic mass is 32.2. The van der Waals surface area contributed by atoms with Crippen LogP contribution < -0.4 is 0 Å². The number of sulfonamides is 1. The first kappa shape index (κ1) is 15.5. The van der Waals surface area contributed by atoms with E-state index < -0.39 is 16.1 Å². The average molecular weight is 300 g/mol. The van der Waals surface area contributed by atoms with Gasteiger partial charge in [0, 0.05) is 32.0 Å². The fourth-order valence-corrected chi connectivity index (χ4v) is 3.72. The predicted molar refractivity (Wildman–Crippen MR) is 78.8 cm³/mol. The highest BCUT2D eigenvalue weighted by Crippen LogP contribution is 2.22. The SMILES string of the molecule is CCC(O)c1ccn(CC2CCCN(S(C)(=O)=O)C2)c1. The molecule has 1 fully saturated rings. The minimum atomic E-state index is -3.08. The summed E-state index contributed by atoms with van der Waals surface area (Å²) >= 11 is 0. The van der Waals surface area contributed by atoms with E-state index in [0.29, 0.717) is 25.4 Å². The summed E-state index contributed by atoms with van der Waals surface area (Å²) in [4.78, 5) is 0. The van der Waals surface area contributed by atoms with Crippen molar-refractivity contribution in [2.45, 2.75) is 38.8 Å². The molecule has 0 saturated carbocycles. The average Bonchev–Trinajstić information content (AvgIpc) is 2.85. The van der Waals surface area contributed by atoms with Crippen LogP contribution in [0.3, 0.4) is 0 Å². The fraction of sp³-hybridized carbons (Fsp3) is 0.714. The maximum absolute atomic E-state index is 11.6. The number of nitrogens with zero attached hydrogens (tertiary/aromatic N) is 2. The highest BCUT2D eigenvalue weighted by molar-refractivity contribution is 7.88. The first-order valence-electron chi connectivity index (χ1n) is 7.19. The maximum atomic E-state index is 11.6. The van der Waals surface area contributed by atoms with E-state index >= 15 is 0 Å². The molecule has 0 radical (unpaired) electrons. The molecule has 2 rings (SSSR count). The molecule has 0 aromatic carbocycles. The van der Waals surface area contributed by atoms with E-state index in [-0.39, 0.29) is 0 Å². The van der Waals surface area contributed by atoms with E-state index in [2.05, 4.69) is 4.57 Å². The molecule has 0 spiro atoms.